The molecule has 0 aliphatic rings. The van der Waals surface area contributed by atoms with Gasteiger partial charge in [-0.3, -0.25) is 4.57 Å². The third-order valence-electron chi connectivity index (χ3n) is 11.7. The van der Waals surface area contributed by atoms with E-state index >= 15 is 0 Å². The highest BCUT2D eigenvalue weighted by molar-refractivity contribution is 6.21. The second-order valence-electron chi connectivity index (χ2n) is 15.0. The number of aromatic nitrogens is 4. The predicted octanol–water partition coefficient (Wildman–Crippen LogP) is 14.0. The number of rotatable bonds is 5. The normalized spacial score (nSPS) is 11.8. The van der Waals surface area contributed by atoms with E-state index in [2.05, 4.69) is 215 Å². The maximum atomic E-state index is 5.40. The number of fused-ring (bicyclic) bond motifs is 9. The lowest BCUT2D eigenvalue weighted by atomic mass is 9.97. The maximum Gasteiger partial charge on any atom is 0.235 e. The predicted molar refractivity (Wildman–Crippen MR) is 242 cm³/mol. The number of hydrogen-bond donors (Lipinski definition) is 0. The van der Waals surface area contributed by atoms with Crippen LogP contribution in [0, 0.1) is 0 Å². The van der Waals surface area contributed by atoms with Crippen molar-refractivity contribution in [2.45, 2.75) is 0 Å². The van der Waals surface area contributed by atoms with E-state index in [-0.39, 0.29) is 0 Å². The molecule has 0 N–H and O–H groups in total. The van der Waals surface area contributed by atoms with E-state index in [1.807, 2.05) is 0 Å². The van der Waals surface area contributed by atoms with Gasteiger partial charge in [0.15, 0.2) is 0 Å². The molecule has 12 aromatic rings. The summed E-state index contributed by atoms with van der Waals surface area (Å²) in [6.45, 7) is 0. The summed E-state index contributed by atoms with van der Waals surface area (Å²) in [5.41, 5.74) is 13.3. The highest BCUT2D eigenvalue weighted by Crippen LogP contribution is 2.40. The van der Waals surface area contributed by atoms with E-state index in [0.29, 0.717) is 5.95 Å². The Bertz CT molecular complexity index is 3560. The molecule has 3 aromatic heterocycles. The van der Waals surface area contributed by atoms with Crippen LogP contribution in [0.4, 0.5) is 0 Å². The Labute approximate surface area is 334 Å². The molecule has 0 unspecified atom stereocenters. The highest BCUT2D eigenvalue weighted by atomic mass is 15.2. The minimum absolute atomic E-state index is 0.656. The van der Waals surface area contributed by atoms with Gasteiger partial charge in [-0.05, 0) is 93.7 Å². The minimum atomic E-state index is 0.656. The molecule has 9 aromatic carbocycles. The van der Waals surface area contributed by atoms with Crippen molar-refractivity contribution in [1.82, 2.24) is 19.1 Å². The smallest absolute Gasteiger partial charge is 0.235 e. The zero-order valence-electron chi connectivity index (χ0n) is 31.4. The van der Waals surface area contributed by atoms with Crippen LogP contribution in [0.15, 0.2) is 206 Å². The zero-order valence-corrected chi connectivity index (χ0v) is 31.4. The summed E-state index contributed by atoms with van der Waals surface area (Å²) in [6.07, 6.45) is 0. The average molecular weight is 739 g/mol. The molecule has 4 heteroatoms. The summed E-state index contributed by atoms with van der Waals surface area (Å²) in [6, 6.07) is 73.8. The Morgan fingerprint density at radius 1 is 0.310 bits per heavy atom. The van der Waals surface area contributed by atoms with Crippen LogP contribution in [0.5, 0.6) is 0 Å². The van der Waals surface area contributed by atoms with Crippen molar-refractivity contribution >= 4 is 65.3 Å². The van der Waals surface area contributed by atoms with Gasteiger partial charge in [0.2, 0.25) is 5.95 Å². The van der Waals surface area contributed by atoms with Crippen molar-refractivity contribution < 1.29 is 0 Å². The van der Waals surface area contributed by atoms with E-state index in [9.17, 15) is 0 Å². The number of benzene rings is 9. The Balaban J connectivity index is 1.02. The Morgan fingerprint density at radius 3 is 1.76 bits per heavy atom. The van der Waals surface area contributed by atoms with Crippen molar-refractivity contribution in [3.8, 4) is 45.1 Å². The Kier molecular flexibility index (Phi) is 7.20. The molecule has 3 heterocycles. The van der Waals surface area contributed by atoms with Gasteiger partial charge >= 0.3 is 0 Å². The molecule has 0 saturated heterocycles. The molecule has 0 saturated carbocycles. The standard InChI is InChI=1S/C54H34N4/c1-3-14-35(15-4-1)36-16-13-17-40(33-36)53-44-21-7-10-23-47(44)55-54(56-53)58-49-25-12-9-22-45(49)52-42-29-26-37(32-39(42)28-31-51(52)58)38-27-30-50-46(34-38)43-20-8-11-24-48(43)57(50)41-18-5-2-6-19-41/h1-34H. The topological polar surface area (TPSA) is 35.6 Å². The third-order valence-corrected chi connectivity index (χ3v) is 11.7. The minimum Gasteiger partial charge on any atom is -0.309 e. The fourth-order valence-corrected chi connectivity index (χ4v) is 9.06. The second kappa shape index (κ2) is 12.9. The second-order valence-corrected chi connectivity index (χ2v) is 15.0. The molecule has 12 rings (SSSR count). The summed E-state index contributed by atoms with van der Waals surface area (Å²) >= 11 is 0. The molecule has 0 fully saturated rings. The SMILES string of the molecule is c1ccc(-c2cccc(-c3nc(-n4c5ccccc5c5c6ccc(-c7ccc8c(c7)c7ccccc7n8-c7ccccc7)cc6ccc54)nc4ccccc34)c2)cc1. The molecule has 4 nitrogen and oxygen atoms in total. The lowest BCUT2D eigenvalue weighted by molar-refractivity contribution is 1.01. The van der Waals surface area contributed by atoms with Gasteiger partial charge in [0.1, 0.15) is 0 Å². The van der Waals surface area contributed by atoms with Crippen LogP contribution >= 0.6 is 0 Å². The van der Waals surface area contributed by atoms with Gasteiger partial charge in [-0.2, -0.15) is 0 Å². The fraction of sp³-hybridized carbons (Fsp3) is 0. The first kappa shape index (κ1) is 32.4. The van der Waals surface area contributed by atoms with Crippen molar-refractivity contribution in [2.75, 3.05) is 0 Å². The first-order chi connectivity index (χ1) is 28.8. The Morgan fingerprint density at radius 2 is 0.914 bits per heavy atom. The van der Waals surface area contributed by atoms with E-state index in [4.69, 9.17) is 9.97 Å². The van der Waals surface area contributed by atoms with Gasteiger partial charge in [0, 0.05) is 38.2 Å². The fourth-order valence-electron chi connectivity index (χ4n) is 9.06. The lowest BCUT2D eigenvalue weighted by Gasteiger charge is -2.13. The summed E-state index contributed by atoms with van der Waals surface area (Å²) < 4.78 is 4.61. The monoisotopic (exact) mass is 738 g/mol. The van der Waals surface area contributed by atoms with Crippen LogP contribution in [0.1, 0.15) is 0 Å². The molecule has 0 aliphatic heterocycles. The van der Waals surface area contributed by atoms with Crippen LogP contribution < -0.4 is 0 Å². The van der Waals surface area contributed by atoms with Crippen LogP contribution in [-0.2, 0) is 0 Å². The van der Waals surface area contributed by atoms with E-state index in [1.54, 1.807) is 0 Å². The summed E-state index contributed by atoms with van der Waals surface area (Å²) in [5, 5.41) is 8.30. The van der Waals surface area contributed by atoms with Crippen molar-refractivity contribution in [3.05, 3.63) is 206 Å². The molecular weight excluding hydrogens is 705 g/mol. The van der Waals surface area contributed by atoms with Gasteiger partial charge < -0.3 is 4.57 Å². The van der Waals surface area contributed by atoms with Crippen LogP contribution in [0.25, 0.3) is 110 Å². The third kappa shape index (κ3) is 5.02. The molecule has 0 aliphatic carbocycles. The molecule has 0 amide bonds. The van der Waals surface area contributed by atoms with Gasteiger partial charge in [-0.15, -0.1) is 0 Å². The van der Waals surface area contributed by atoms with Gasteiger partial charge in [0.25, 0.3) is 0 Å². The summed E-state index contributed by atoms with van der Waals surface area (Å²) in [4.78, 5) is 10.6. The zero-order chi connectivity index (χ0) is 38.2. The molecule has 0 spiro atoms. The van der Waals surface area contributed by atoms with E-state index in [1.165, 1.54) is 60.0 Å². The van der Waals surface area contributed by atoms with Crippen molar-refractivity contribution in [2.24, 2.45) is 0 Å². The number of hydrogen-bond acceptors (Lipinski definition) is 2. The average Bonchev–Trinajstić information content (AvgIpc) is 3.82. The number of nitrogens with zero attached hydrogens (tertiary/aromatic N) is 4. The first-order valence-corrected chi connectivity index (χ1v) is 19.7. The molecule has 0 bridgehead atoms. The molecule has 58 heavy (non-hydrogen) atoms. The number of para-hydroxylation sites is 4. The summed E-state index contributed by atoms with van der Waals surface area (Å²) in [7, 11) is 0. The van der Waals surface area contributed by atoms with Crippen LogP contribution in [0.3, 0.4) is 0 Å². The molecule has 0 atom stereocenters. The van der Waals surface area contributed by atoms with Crippen molar-refractivity contribution in [3.63, 3.8) is 0 Å². The summed E-state index contributed by atoms with van der Waals surface area (Å²) in [5.74, 6) is 0.656. The van der Waals surface area contributed by atoms with E-state index in [0.717, 1.165) is 44.4 Å². The quantitative estimate of drug-likeness (QED) is 0.176. The molecular formula is C54H34N4. The highest BCUT2D eigenvalue weighted by Gasteiger charge is 2.20. The largest absolute Gasteiger partial charge is 0.309 e. The van der Waals surface area contributed by atoms with Crippen LogP contribution in [-0.4, -0.2) is 19.1 Å². The van der Waals surface area contributed by atoms with Crippen LogP contribution in [0.2, 0.25) is 0 Å². The van der Waals surface area contributed by atoms with Gasteiger partial charge in [0.05, 0.1) is 33.3 Å². The van der Waals surface area contributed by atoms with Crippen molar-refractivity contribution in [1.29, 1.82) is 0 Å². The molecule has 0 radical (unpaired) electrons. The first-order valence-electron chi connectivity index (χ1n) is 19.7. The molecule has 270 valence electrons. The van der Waals surface area contributed by atoms with Gasteiger partial charge in [-0.1, -0.05) is 146 Å². The Hall–Kier alpha value is -7.82. The maximum absolute atomic E-state index is 5.40. The lowest BCUT2D eigenvalue weighted by Crippen LogP contribution is -2.03. The van der Waals surface area contributed by atoms with E-state index < -0.39 is 0 Å². The van der Waals surface area contributed by atoms with Gasteiger partial charge in [-0.25, -0.2) is 9.97 Å².